The predicted octanol–water partition coefficient (Wildman–Crippen LogP) is 3.93. The minimum atomic E-state index is -1.05. The number of benzene rings is 2. The van der Waals surface area contributed by atoms with Crippen LogP contribution in [0.25, 0.3) is 6.08 Å². The summed E-state index contributed by atoms with van der Waals surface area (Å²) in [5.74, 6) is -1.83. The van der Waals surface area contributed by atoms with Gasteiger partial charge in [-0.15, -0.1) is 0 Å². The number of amides is 1. The first-order valence-electron chi connectivity index (χ1n) is 7.54. The second-order valence-corrected chi connectivity index (χ2v) is 5.68. The van der Waals surface area contributed by atoms with Gasteiger partial charge in [0.2, 0.25) is 0 Å². The zero-order valence-corrected chi connectivity index (χ0v) is 14.5. The van der Waals surface area contributed by atoms with Gasteiger partial charge in [-0.05, 0) is 48.9 Å². The van der Waals surface area contributed by atoms with Gasteiger partial charge in [0.15, 0.2) is 6.10 Å². The number of esters is 1. The summed E-state index contributed by atoms with van der Waals surface area (Å²) in [5, 5.41) is 11.3. The average Bonchev–Trinajstić information content (AvgIpc) is 2.62. The van der Waals surface area contributed by atoms with Crippen molar-refractivity contribution in [2.45, 2.75) is 13.0 Å². The van der Waals surface area contributed by atoms with E-state index in [9.17, 15) is 14.0 Å². The third-order valence-electron chi connectivity index (χ3n) is 3.28. The lowest BCUT2D eigenvalue weighted by Crippen LogP contribution is -2.29. The van der Waals surface area contributed by atoms with E-state index in [4.69, 9.17) is 21.6 Å². The molecule has 2 aromatic carbocycles. The minimum absolute atomic E-state index is 0.0622. The van der Waals surface area contributed by atoms with Crippen LogP contribution in [0, 0.1) is 17.1 Å². The zero-order chi connectivity index (χ0) is 19.1. The number of nitrogens with zero attached hydrogens (tertiary/aromatic N) is 1. The van der Waals surface area contributed by atoms with Crippen molar-refractivity contribution in [2.75, 3.05) is 5.32 Å². The molecular formula is C19H14ClFN2O3. The van der Waals surface area contributed by atoms with Crippen molar-refractivity contribution < 1.29 is 18.7 Å². The van der Waals surface area contributed by atoms with Gasteiger partial charge in [-0.3, -0.25) is 4.79 Å². The first-order valence-corrected chi connectivity index (χ1v) is 7.91. The number of anilines is 1. The van der Waals surface area contributed by atoms with Crippen LogP contribution in [0.4, 0.5) is 10.1 Å². The number of nitriles is 1. The molecule has 5 nitrogen and oxygen atoms in total. The van der Waals surface area contributed by atoms with Crippen LogP contribution in [-0.2, 0) is 14.3 Å². The first-order chi connectivity index (χ1) is 12.4. The van der Waals surface area contributed by atoms with E-state index < -0.39 is 23.8 Å². The number of ether oxygens (including phenoxy) is 1. The second kappa shape index (κ2) is 8.79. The lowest BCUT2D eigenvalue weighted by atomic mass is 10.2. The van der Waals surface area contributed by atoms with Crippen molar-refractivity contribution in [3.05, 3.63) is 70.5 Å². The summed E-state index contributed by atoms with van der Waals surface area (Å²) in [6.07, 6.45) is 1.47. The van der Waals surface area contributed by atoms with Crippen LogP contribution >= 0.6 is 11.6 Å². The molecule has 0 heterocycles. The van der Waals surface area contributed by atoms with Crippen LogP contribution in [0.1, 0.15) is 18.1 Å². The molecule has 0 aliphatic heterocycles. The number of rotatable bonds is 5. The third-order valence-corrected chi connectivity index (χ3v) is 3.57. The smallest absolute Gasteiger partial charge is 0.331 e. The van der Waals surface area contributed by atoms with Crippen molar-refractivity contribution >= 4 is 35.2 Å². The van der Waals surface area contributed by atoms with E-state index in [1.54, 1.807) is 18.2 Å². The molecule has 0 fully saturated rings. The molecule has 26 heavy (non-hydrogen) atoms. The molecule has 0 unspecified atom stereocenters. The highest BCUT2D eigenvalue weighted by atomic mass is 35.5. The van der Waals surface area contributed by atoms with E-state index in [1.807, 2.05) is 6.07 Å². The number of carbonyl (C=O) groups is 2. The first kappa shape index (κ1) is 19.2. The Morgan fingerprint density at radius 2 is 2.08 bits per heavy atom. The quantitative estimate of drug-likeness (QED) is 0.637. The molecule has 1 amide bonds. The molecule has 0 aliphatic rings. The fourth-order valence-electron chi connectivity index (χ4n) is 1.96. The van der Waals surface area contributed by atoms with E-state index in [1.165, 1.54) is 37.3 Å². The molecule has 2 aromatic rings. The Kier molecular flexibility index (Phi) is 6.48. The number of halogens is 2. The van der Waals surface area contributed by atoms with Crippen LogP contribution in [0.2, 0.25) is 5.02 Å². The molecule has 132 valence electrons. The van der Waals surface area contributed by atoms with Crippen LogP contribution in [0.5, 0.6) is 0 Å². The van der Waals surface area contributed by atoms with Crippen molar-refractivity contribution in [2.24, 2.45) is 0 Å². The molecule has 0 spiro atoms. The lowest BCUT2D eigenvalue weighted by Gasteiger charge is -2.12. The van der Waals surface area contributed by atoms with E-state index in [0.29, 0.717) is 16.8 Å². The van der Waals surface area contributed by atoms with E-state index in [2.05, 4.69) is 5.32 Å². The Morgan fingerprint density at radius 3 is 2.77 bits per heavy atom. The van der Waals surface area contributed by atoms with E-state index in [-0.39, 0.29) is 5.02 Å². The highest BCUT2D eigenvalue weighted by molar-refractivity contribution is 6.30. The number of hydrogen-bond donors (Lipinski definition) is 1. The van der Waals surface area contributed by atoms with Gasteiger partial charge < -0.3 is 10.1 Å². The van der Waals surface area contributed by atoms with Gasteiger partial charge in [0.1, 0.15) is 5.82 Å². The maximum atomic E-state index is 13.1. The van der Waals surface area contributed by atoms with Gasteiger partial charge >= 0.3 is 5.97 Å². The Hall–Kier alpha value is -3.17. The maximum Gasteiger partial charge on any atom is 0.331 e. The van der Waals surface area contributed by atoms with Crippen molar-refractivity contribution in [3.63, 3.8) is 0 Å². The van der Waals surface area contributed by atoms with Gasteiger partial charge in [0, 0.05) is 11.8 Å². The van der Waals surface area contributed by atoms with Gasteiger partial charge in [-0.1, -0.05) is 23.7 Å². The highest BCUT2D eigenvalue weighted by Gasteiger charge is 2.16. The monoisotopic (exact) mass is 372 g/mol. The molecule has 0 bridgehead atoms. The SMILES string of the molecule is C[C@H](OC(=O)/C=C/c1ccc(F)c(Cl)c1)C(=O)Nc1cccc(C#N)c1. The molecule has 0 aliphatic carbocycles. The van der Waals surface area contributed by atoms with E-state index >= 15 is 0 Å². The Balaban J connectivity index is 1.93. The zero-order valence-electron chi connectivity index (χ0n) is 13.7. The Morgan fingerprint density at radius 1 is 1.31 bits per heavy atom. The topological polar surface area (TPSA) is 79.2 Å². The second-order valence-electron chi connectivity index (χ2n) is 5.27. The highest BCUT2D eigenvalue weighted by Crippen LogP contribution is 2.17. The standard InChI is InChI=1S/C19H14ClFN2O3/c1-12(19(25)23-15-4-2-3-14(9-15)11-22)26-18(24)8-6-13-5-7-17(21)16(20)10-13/h2-10,12H,1H3,(H,23,25)/b8-6+/t12-/m0/s1. The Bertz CT molecular complexity index is 906. The van der Waals surface area contributed by atoms with Crippen LogP contribution in [0.3, 0.4) is 0 Å². The summed E-state index contributed by atoms with van der Waals surface area (Å²) in [4.78, 5) is 23.8. The van der Waals surface area contributed by atoms with Crippen molar-refractivity contribution in [1.82, 2.24) is 0 Å². The molecule has 1 atom stereocenters. The van der Waals surface area contributed by atoms with Gasteiger partial charge in [-0.2, -0.15) is 5.26 Å². The number of hydrogen-bond acceptors (Lipinski definition) is 4. The molecule has 0 saturated heterocycles. The van der Waals surface area contributed by atoms with Crippen molar-refractivity contribution in [1.29, 1.82) is 5.26 Å². The fourth-order valence-corrected chi connectivity index (χ4v) is 2.15. The third kappa shape index (κ3) is 5.43. The van der Waals surface area contributed by atoms with Crippen molar-refractivity contribution in [3.8, 4) is 6.07 Å². The largest absolute Gasteiger partial charge is 0.449 e. The summed E-state index contributed by atoms with van der Waals surface area (Å²) in [5.41, 5.74) is 1.33. The summed E-state index contributed by atoms with van der Waals surface area (Å²) >= 11 is 5.66. The summed E-state index contributed by atoms with van der Waals surface area (Å²) in [6.45, 7) is 1.42. The number of carbonyl (C=O) groups excluding carboxylic acids is 2. The average molecular weight is 373 g/mol. The fraction of sp³-hybridized carbons (Fsp3) is 0.105. The molecule has 1 N–H and O–H groups in total. The lowest BCUT2D eigenvalue weighted by molar-refractivity contribution is -0.148. The summed E-state index contributed by atoms with van der Waals surface area (Å²) in [7, 11) is 0. The molecule has 2 rings (SSSR count). The molecule has 0 saturated carbocycles. The normalized spacial score (nSPS) is 11.6. The van der Waals surface area contributed by atoms with E-state index in [0.717, 1.165) is 6.08 Å². The molecule has 0 radical (unpaired) electrons. The van der Waals surface area contributed by atoms with Gasteiger partial charge in [-0.25, -0.2) is 9.18 Å². The molecular weight excluding hydrogens is 359 g/mol. The van der Waals surface area contributed by atoms with Crippen LogP contribution in [-0.4, -0.2) is 18.0 Å². The van der Waals surface area contributed by atoms with Crippen LogP contribution < -0.4 is 5.32 Å². The van der Waals surface area contributed by atoms with Crippen LogP contribution in [0.15, 0.2) is 48.5 Å². The molecule has 0 aromatic heterocycles. The number of nitrogens with one attached hydrogen (secondary N) is 1. The Labute approximate surface area is 154 Å². The maximum absolute atomic E-state index is 13.1. The predicted molar refractivity (Wildman–Crippen MR) is 95.8 cm³/mol. The van der Waals surface area contributed by atoms with Gasteiger partial charge in [0.05, 0.1) is 16.7 Å². The minimum Gasteiger partial charge on any atom is -0.449 e. The summed E-state index contributed by atoms with van der Waals surface area (Å²) in [6, 6.07) is 12.3. The molecule has 7 heteroatoms. The summed E-state index contributed by atoms with van der Waals surface area (Å²) < 4.78 is 18.1. The van der Waals surface area contributed by atoms with Gasteiger partial charge in [0.25, 0.3) is 5.91 Å².